The molecule has 30 heavy (non-hydrogen) atoms. The van der Waals surface area contributed by atoms with Gasteiger partial charge in [-0.25, -0.2) is 9.97 Å². The van der Waals surface area contributed by atoms with Crippen LogP contribution in [0, 0.1) is 0 Å². The van der Waals surface area contributed by atoms with Crippen molar-refractivity contribution in [2.24, 2.45) is 0 Å². The van der Waals surface area contributed by atoms with E-state index in [0.717, 1.165) is 59.9 Å². The van der Waals surface area contributed by atoms with E-state index in [-0.39, 0.29) is 0 Å². The third-order valence-corrected chi connectivity index (χ3v) is 5.93. The van der Waals surface area contributed by atoms with Gasteiger partial charge in [-0.15, -0.1) is 10.2 Å². The SMILES string of the molecule is CC(C)n1cnnc1C1CCN(c2nc(-c3ccccc3)nc3ccccc23)CC1. The predicted molar refractivity (Wildman–Crippen MR) is 120 cm³/mol. The molecule has 2 aromatic heterocycles. The number of hydrogen-bond acceptors (Lipinski definition) is 5. The van der Waals surface area contributed by atoms with Crippen LogP contribution in [0.1, 0.15) is 44.5 Å². The Labute approximate surface area is 176 Å². The van der Waals surface area contributed by atoms with Crippen LogP contribution >= 0.6 is 0 Å². The van der Waals surface area contributed by atoms with Crippen LogP contribution in [0.4, 0.5) is 5.82 Å². The fourth-order valence-electron chi connectivity index (χ4n) is 4.31. The number of anilines is 1. The monoisotopic (exact) mass is 398 g/mol. The third kappa shape index (κ3) is 3.43. The summed E-state index contributed by atoms with van der Waals surface area (Å²) in [7, 11) is 0. The first-order valence-corrected chi connectivity index (χ1v) is 10.7. The second-order valence-corrected chi connectivity index (χ2v) is 8.21. The van der Waals surface area contributed by atoms with Gasteiger partial charge in [0.1, 0.15) is 18.0 Å². The second-order valence-electron chi connectivity index (χ2n) is 8.21. The number of nitrogens with zero attached hydrogens (tertiary/aromatic N) is 6. The highest BCUT2D eigenvalue weighted by Crippen LogP contribution is 2.33. The smallest absolute Gasteiger partial charge is 0.162 e. The van der Waals surface area contributed by atoms with E-state index in [1.807, 2.05) is 30.6 Å². The van der Waals surface area contributed by atoms with Gasteiger partial charge in [0.25, 0.3) is 0 Å². The van der Waals surface area contributed by atoms with Crippen LogP contribution in [0.3, 0.4) is 0 Å². The topological polar surface area (TPSA) is 59.7 Å². The number of benzene rings is 2. The van der Waals surface area contributed by atoms with Gasteiger partial charge in [-0.2, -0.15) is 0 Å². The molecular formula is C24H26N6. The molecular weight excluding hydrogens is 372 g/mol. The Hall–Kier alpha value is -3.28. The number of hydrogen-bond donors (Lipinski definition) is 0. The Balaban J connectivity index is 1.46. The minimum atomic E-state index is 0.382. The lowest BCUT2D eigenvalue weighted by molar-refractivity contribution is 0.448. The summed E-state index contributed by atoms with van der Waals surface area (Å²) >= 11 is 0. The van der Waals surface area contributed by atoms with E-state index in [2.05, 4.69) is 63.8 Å². The lowest BCUT2D eigenvalue weighted by Crippen LogP contribution is -2.34. The Morgan fingerprint density at radius 2 is 1.63 bits per heavy atom. The Kier molecular flexibility index (Phi) is 4.91. The van der Waals surface area contributed by atoms with E-state index in [9.17, 15) is 0 Å². The van der Waals surface area contributed by atoms with E-state index >= 15 is 0 Å². The van der Waals surface area contributed by atoms with Gasteiger partial charge in [0.15, 0.2) is 5.82 Å². The molecule has 0 bridgehead atoms. The lowest BCUT2D eigenvalue weighted by atomic mass is 9.95. The van der Waals surface area contributed by atoms with Crippen LogP contribution < -0.4 is 4.90 Å². The minimum Gasteiger partial charge on any atom is -0.356 e. The molecule has 0 spiro atoms. The minimum absolute atomic E-state index is 0.382. The highest BCUT2D eigenvalue weighted by molar-refractivity contribution is 5.91. The van der Waals surface area contributed by atoms with E-state index in [1.54, 1.807) is 0 Å². The summed E-state index contributed by atoms with van der Waals surface area (Å²) in [5, 5.41) is 9.70. The first-order valence-electron chi connectivity index (χ1n) is 10.7. The van der Waals surface area contributed by atoms with Crippen molar-refractivity contribution >= 4 is 16.7 Å². The van der Waals surface area contributed by atoms with Crippen LogP contribution in [-0.2, 0) is 0 Å². The van der Waals surface area contributed by atoms with Crippen molar-refractivity contribution in [3.05, 3.63) is 66.7 Å². The fourth-order valence-corrected chi connectivity index (χ4v) is 4.31. The molecule has 0 amide bonds. The molecule has 4 aromatic rings. The number of rotatable bonds is 4. The molecule has 152 valence electrons. The quantitative estimate of drug-likeness (QED) is 0.492. The molecule has 0 saturated carbocycles. The molecule has 1 fully saturated rings. The van der Waals surface area contributed by atoms with Crippen molar-refractivity contribution in [1.82, 2.24) is 24.7 Å². The van der Waals surface area contributed by atoms with Crippen molar-refractivity contribution in [3.8, 4) is 11.4 Å². The van der Waals surface area contributed by atoms with Gasteiger partial charge < -0.3 is 9.47 Å². The third-order valence-electron chi connectivity index (χ3n) is 5.93. The number of aromatic nitrogens is 5. The Bertz CT molecular complexity index is 1140. The zero-order valence-corrected chi connectivity index (χ0v) is 17.4. The van der Waals surface area contributed by atoms with Crippen molar-refractivity contribution < 1.29 is 0 Å². The van der Waals surface area contributed by atoms with Gasteiger partial charge in [0.2, 0.25) is 0 Å². The highest BCUT2D eigenvalue weighted by Gasteiger charge is 2.27. The average Bonchev–Trinajstić information content (AvgIpc) is 3.29. The van der Waals surface area contributed by atoms with Crippen LogP contribution in [0.25, 0.3) is 22.3 Å². The van der Waals surface area contributed by atoms with Gasteiger partial charge in [0, 0.05) is 36.0 Å². The van der Waals surface area contributed by atoms with Crippen molar-refractivity contribution in [2.45, 2.75) is 38.6 Å². The van der Waals surface area contributed by atoms with Crippen LogP contribution in [-0.4, -0.2) is 37.8 Å². The molecule has 0 N–H and O–H groups in total. The van der Waals surface area contributed by atoms with Gasteiger partial charge >= 0.3 is 0 Å². The van der Waals surface area contributed by atoms with Gasteiger partial charge in [-0.1, -0.05) is 42.5 Å². The molecule has 0 radical (unpaired) electrons. The summed E-state index contributed by atoms with van der Waals surface area (Å²) in [5.74, 6) is 3.37. The van der Waals surface area contributed by atoms with Gasteiger partial charge in [0.05, 0.1) is 5.52 Å². The molecule has 0 atom stereocenters. The highest BCUT2D eigenvalue weighted by atomic mass is 15.3. The first-order chi connectivity index (χ1) is 14.7. The maximum atomic E-state index is 5.01. The zero-order valence-electron chi connectivity index (χ0n) is 17.4. The molecule has 0 aliphatic carbocycles. The van der Waals surface area contributed by atoms with Gasteiger partial charge in [-0.05, 0) is 38.8 Å². The van der Waals surface area contributed by atoms with E-state index < -0.39 is 0 Å². The molecule has 1 aliphatic heterocycles. The van der Waals surface area contributed by atoms with E-state index in [0.29, 0.717) is 12.0 Å². The molecule has 3 heterocycles. The molecule has 5 rings (SSSR count). The summed E-state index contributed by atoms with van der Waals surface area (Å²) < 4.78 is 2.20. The maximum Gasteiger partial charge on any atom is 0.162 e. The molecule has 1 saturated heterocycles. The van der Waals surface area contributed by atoms with E-state index in [1.165, 1.54) is 0 Å². The summed E-state index contributed by atoms with van der Waals surface area (Å²) in [6.45, 7) is 6.26. The lowest BCUT2D eigenvalue weighted by Gasteiger charge is -2.33. The number of piperidine rings is 1. The summed E-state index contributed by atoms with van der Waals surface area (Å²) in [6, 6.07) is 18.9. The van der Waals surface area contributed by atoms with Crippen LogP contribution in [0.2, 0.25) is 0 Å². The zero-order chi connectivity index (χ0) is 20.5. The first kappa shape index (κ1) is 18.7. The van der Waals surface area contributed by atoms with Crippen molar-refractivity contribution in [3.63, 3.8) is 0 Å². The summed E-state index contributed by atoms with van der Waals surface area (Å²) in [5.41, 5.74) is 2.03. The van der Waals surface area contributed by atoms with Crippen LogP contribution in [0.5, 0.6) is 0 Å². The molecule has 6 nitrogen and oxygen atoms in total. The number of fused-ring (bicyclic) bond motifs is 1. The Morgan fingerprint density at radius 3 is 2.40 bits per heavy atom. The normalized spacial score (nSPS) is 15.2. The van der Waals surface area contributed by atoms with Gasteiger partial charge in [-0.3, -0.25) is 0 Å². The van der Waals surface area contributed by atoms with E-state index in [4.69, 9.17) is 9.97 Å². The molecule has 2 aromatic carbocycles. The summed E-state index contributed by atoms with van der Waals surface area (Å²) in [4.78, 5) is 12.2. The average molecular weight is 399 g/mol. The summed E-state index contributed by atoms with van der Waals surface area (Å²) in [6.07, 6.45) is 3.95. The molecule has 1 aliphatic rings. The largest absolute Gasteiger partial charge is 0.356 e. The van der Waals surface area contributed by atoms with Crippen molar-refractivity contribution in [2.75, 3.05) is 18.0 Å². The van der Waals surface area contributed by atoms with Crippen LogP contribution in [0.15, 0.2) is 60.9 Å². The Morgan fingerprint density at radius 1 is 0.900 bits per heavy atom. The second kappa shape index (κ2) is 7.86. The predicted octanol–water partition coefficient (Wildman–Crippen LogP) is 4.85. The molecule has 0 unspecified atom stereocenters. The fraction of sp³-hybridized carbons (Fsp3) is 0.333. The van der Waals surface area contributed by atoms with Crippen molar-refractivity contribution in [1.29, 1.82) is 0 Å². The standard InChI is InChI=1S/C24H26N6/c1-17(2)30-16-25-28-23(30)19-12-14-29(15-13-19)24-20-10-6-7-11-21(20)26-22(27-24)18-8-4-3-5-9-18/h3-11,16-17,19H,12-15H2,1-2H3. The molecule has 6 heteroatoms. The number of para-hydroxylation sites is 1. The maximum absolute atomic E-state index is 5.01.